The minimum absolute atomic E-state index is 0.325. The first-order valence-corrected chi connectivity index (χ1v) is 6.87. The van der Waals surface area contributed by atoms with Gasteiger partial charge in [-0.1, -0.05) is 15.9 Å². The molecule has 15 heavy (non-hydrogen) atoms. The molecule has 1 aromatic rings. The SMILES string of the molecule is CC(C)NS(C)=O.Nc1ccc(Br)cc1. The minimum Gasteiger partial charge on any atom is -0.399 e. The van der Waals surface area contributed by atoms with E-state index in [0.717, 1.165) is 10.2 Å². The van der Waals surface area contributed by atoms with Gasteiger partial charge in [0, 0.05) is 22.5 Å². The lowest BCUT2D eigenvalue weighted by Gasteiger charge is -2.00. The largest absolute Gasteiger partial charge is 0.399 e. The zero-order chi connectivity index (χ0) is 11.8. The van der Waals surface area contributed by atoms with Crippen LogP contribution in [0.25, 0.3) is 0 Å². The average Bonchev–Trinajstić information content (AvgIpc) is 2.09. The maximum absolute atomic E-state index is 10.3. The molecule has 0 bridgehead atoms. The van der Waals surface area contributed by atoms with Crippen LogP contribution < -0.4 is 10.5 Å². The number of halogens is 1. The third-order valence-electron chi connectivity index (χ3n) is 1.27. The van der Waals surface area contributed by atoms with Crippen LogP contribution in [-0.2, 0) is 11.0 Å². The van der Waals surface area contributed by atoms with E-state index >= 15 is 0 Å². The first-order chi connectivity index (χ1) is 6.91. The van der Waals surface area contributed by atoms with E-state index in [4.69, 9.17) is 5.73 Å². The number of rotatable bonds is 2. The van der Waals surface area contributed by atoms with Crippen LogP contribution in [0.3, 0.4) is 0 Å². The zero-order valence-corrected chi connectivity index (χ0v) is 11.6. The summed E-state index contributed by atoms with van der Waals surface area (Å²) in [6.07, 6.45) is 1.62. The van der Waals surface area contributed by atoms with Gasteiger partial charge in [-0.05, 0) is 38.1 Å². The molecule has 0 spiro atoms. The Morgan fingerprint density at radius 1 is 1.33 bits per heavy atom. The monoisotopic (exact) mass is 292 g/mol. The van der Waals surface area contributed by atoms with Gasteiger partial charge >= 0.3 is 0 Å². The molecule has 0 saturated carbocycles. The third kappa shape index (κ3) is 9.90. The van der Waals surface area contributed by atoms with Gasteiger partial charge in [-0.3, -0.25) is 0 Å². The Kier molecular flexibility index (Phi) is 7.64. The van der Waals surface area contributed by atoms with Crippen molar-refractivity contribution >= 4 is 32.6 Å². The predicted molar refractivity (Wildman–Crippen MR) is 70.9 cm³/mol. The molecule has 0 radical (unpaired) electrons. The van der Waals surface area contributed by atoms with E-state index in [0.29, 0.717) is 6.04 Å². The van der Waals surface area contributed by atoms with E-state index in [1.165, 1.54) is 0 Å². The van der Waals surface area contributed by atoms with E-state index in [2.05, 4.69) is 20.7 Å². The van der Waals surface area contributed by atoms with Crippen LogP contribution in [0.4, 0.5) is 5.69 Å². The third-order valence-corrected chi connectivity index (χ3v) is 2.60. The highest BCUT2D eigenvalue weighted by molar-refractivity contribution is 9.10. The summed E-state index contributed by atoms with van der Waals surface area (Å²) in [6, 6.07) is 7.85. The molecule has 5 heteroatoms. The molecule has 1 aromatic carbocycles. The summed E-state index contributed by atoms with van der Waals surface area (Å²) in [5.41, 5.74) is 6.21. The summed E-state index contributed by atoms with van der Waals surface area (Å²) < 4.78 is 14.1. The van der Waals surface area contributed by atoms with Crippen molar-refractivity contribution in [3.05, 3.63) is 28.7 Å². The Morgan fingerprint density at radius 3 is 2.00 bits per heavy atom. The summed E-state index contributed by atoms with van der Waals surface area (Å²) in [5.74, 6) is 0. The highest BCUT2D eigenvalue weighted by atomic mass is 79.9. The highest BCUT2D eigenvalue weighted by Gasteiger charge is 1.90. The van der Waals surface area contributed by atoms with Crippen LogP contribution >= 0.6 is 15.9 Å². The Balaban J connectivity index is 0.000000265. The van der Waals surface area contributed by atoms with Gasteiger partial charge in [0.1, 0.15) is 0 Å². The zero-order valence-electron chi connectivity index (χ0n) is 9.16. The van der Waals surface area contributed by atoms with Gasteiger partial charge in [-0.15, -0.1) is 0 Å². The predicted octanol–water partition coefficient (Wildman–Crippen LogP) is 2.31. The normalized spacial score (nSPS) is 11.8. The molecule has 3 N–H and O–H groups in total. The first-order valence-electron chi connectivity index (χ1n) is 4.52. The number of hydrogen-bond donors (Lipinski definition) is 2. The first kappa shape index (κ1) is 14.6. The second kappa shape index (κ2) is 7.84. The summed E-state index contributed by atoms with van der Waals surface area (Å²) in [6.45, 7) is 3.92. The van der Waals surface area contributed by atoms with Crippen LogP contribution in [0, 0.1) is 0 Å². The summed E-state index contributed by atoms with van der Waals surface area (Å²) in [5, 5.41) is 0. The molecule has 0 saturated heterocycles. The molecular formula is C10H17BrN2OS. The number of benzene rings is 1. The number of nitrogen functional groups attached to an aromatic ring is 1. The summed E-state index contributed by atoms with van der Waals surface area (Å²) in [4.78, 5) is 0. The van der Waals surface area contributed by atoms with Gasteiger partial charge in [-0.2, -0.15) is 0 Å². The maximum Gasteiger partial charge on any atom is 0.0885 e. The molecule has 0 heterocycles. The molecule has 0 aliphatic carbocycles. The van der Waals surface area contributed by atoms with Crippen LogP contribution in [0.2, 0.25) is 0 Å². The van der Waals surface area contributed by atoms with E-state index in [9.17, 15) is 4.21 Å². The van der Waals surface area contributed by atoms with Crippen LogP contribution in [-0.4, -0.2) is 16.5 Å². The maximum atomic E-state index is 10.3. The molecule has 0 fully saturated rings. The minimum atomic E-state index is -0.846. The molecule has 1 rings (SSSR count). The standard InChI is InChI=1S/C6H6BrN.C4H11NOS/c7-5-1-3-6(8)4-2-5;1-4(2)5-7(3)6/h1-4H,8H2;4-5H,1-3H3. The molecule has 3 nitrogen and oxygen atoms in total. The lowest BCUT2D eigenvalue weighted by atomic mass is 10.3. The van der Waals surface area contributed by atoms with Crippen molar-refractivity contribution in [3.8, 4) is 0 Å². The van der Waals surface area contributed by atoms with Crippen molar-refractivity contribution in [2.75, 3.05) is 12.0 Å². The molecule has 1 unspecified atom stereocenters. The fourth-order valence-corrected chi connectivity index (χ4v) is 1.72. The Bertz CT molecular complexity index is 280. The number of hydrogen-bond acceptors (Lipinski definition) is 2. The number of anilines is 1. The molecule has 86 valence electrons. The molecule has 0 amide bonds. The lowest BCUT2D eigenvalue weighted by Crippen LogP contribution is -2.23. The quantitative estimate of drug-likeness (QED) is 0.822. The van der Waals surface area contributed by atoms with Crippen LogP contribution in [0.5, 0.6) is 0 Å². The highest BCUT2D eigenvalue weighted by Crippen LogP contribution is 2.10. The van der Waals surface area contributed by atoms with Crippen molar-refractivity contribution in [3.63, 3.8) is 0 Å². The lowest BCUT2D eigenvalue weighted by molar-refractivity contribution is 0.660. The number of nitrogens with one attached hydrogen (secondary N) is 1. The van der Waals surface area contributed by atoms with Crippen molar-refractivity contribution < 1.29 is 4.21 Å². The molecule has 0 aromatic heterocycles. The summed E-state index contributed by atoms with van der Waals surface area (Å²) >= 11 is 3.29. The van der Waals surface area contributed by atoms with E-state index in [1.807, 2.05) is 38.1 Å². The van der Waals surface area contributed by atoms with Crippen molar-refractivity contribution in [2.45, 2.75) is 19.9 Å². The topological polar surface area (TPSA) is 55.1 Å². The van der Waals surface area contributed by atoms with Crippen LogP contribution in [0.1, 0.15) is 13.8 Å². The van der Waals surface area contributed by atoms with Crippen molar-refractivity contribution in [1.82, 2.24) is 4.72 Å². The molecule has 0 aliphatic rings. The second-order valence-electron chi connectivity index (χ2n) is 3.28. The van der Waals surface area contributed by atoms with Gasteiger partial charge in [0.2, 0.25) is 0 Å². The van der Waals surface area contributed by atoms with Crippen molar-refractivity contribution in [1.29, 1.82) is 0 Å². The van der Waals surface area contributed by atoms with Gasteiger partial charge in [-0.25, -0.2) is 8.93 Å². The Morgan fingerprint density at radius 2 is 1.80 bits per heavy atom. The smallest absolute Gasteiger partial charge is 0.0885 e. The number of nitrogens with two attached hydrogens (primary N) is 1. The fourth-order valence-electron chi connectivity index (χ4n) is 0.795. The molecule has 0 aliphatic heterocycles. The van der Waals surface area contributed by atoms with E-state index < -0.39 is 11.0 Å². The summed E-state index contributed by atoms with van der Waals surface area (Å²) in [7, 11) is -0.846. The van der Waals surface area contributed by atoms with E-state index in [1.54, 1.807) is 6.26 Å². The van der Waals surface area contributed by atoms with Gasteiger partial charge in [0.25, 0.3) is 0 Å². The van der Waals surface area contributed by atoms with Gasteiger partial charge in [0.15, 0.2) is 0 Å². The molecule has 1 atom stereocenters. The molecular weight excluding hydrogens is 276 g/mol. The van der Waals surface area contributed by atoms with Gasteiger partial charge < -0.3 is 5.73 Å². The van der Waals surface area contributed by atoms with Gasteiger partial charge in [0.05, 0.1) is 11.0 Å². The van der Waals surface area contributed by atoms with Crippen LogP contribution in [0.15, 0.2) is 28.7 Å². The Hall–Kier alpha value is -0.390. The van der Waals surface area contributed by atoms with E-state index in [-0.39, 0.29) is 0 Å². The van der Waals surface area contributed by atoms with Crippen molar-refractivity contribution in [2.24, 2.45) is 0 Å². The Labute approximate surface area is 102 Å². The average molecular weight is 293 g/mol. The second-order valence-corrected chi connectivity index (χ2v) is 5.34. The fraction of sp³-hybridized carbons (Fsp3) is 0.400.